The van der Waals surface area contributed by atoms with Crippen LogP contribution in [0.25, 0.3) is 0 Å². The Hall–Kier alpha value is -1.62. The number of rotatable bonds is 5. The molecule has 0 unspecified atom stereocenters. The standard InChI is InChI=1S/C17H26O4Si/c1-8-20-16(19)15(18)13-9-10-14(12(2)11-13)21-22(6,7)17(3,4)5/h9-11H,8H2,1-7H3. The fourth-order valence-electron chi connectivity index (χ4n) is 1.65. The van der Waals surface area contributed by atoms with Gasteiger partial charge in [-0.25, -0.2) is 4.79 Å². The number of carbonyl (C=O) groups is 2. The lowest BCUT2D eigenvalue weighted by atomic mass is 10.1. The summed E-state index contributed by atoms with van der Waals surface area (Å²) in [4.78, 5) is 23.4. The highest BCUT2D eigenvalue weighted by molar-refractivity contribution is 6.74. The molecule has 0 N–H and O–H groups in total. The van der Waals surface area contributed by atoms with Gasteiger partial charge in [0, 0.05) is 5.56 Å². The molecule has 0 fully saturated rings. The van der Waals surface area contributed by atoms with Gasteiger partial charge < -0.3 is 9.16 Å². The van der Waals surface area contributed by atoms with Crippen molar-refractivity contribution >= 4 is 20.1 Å². The average Bonchev–Trinajstić information content (AvgIpc) is 2.39. The SMILES string of the molecule is CCOC(=O)C(=O)c1ccc(O[Si](C)(C)C(C)(C)C)c(C)c1. The zero-order valence-corrected chi connectivity index (χ0v) is 15.6. The van der Waals surface area contributed by atoms with Crippen molar-refractivity contribution in [2.75, 3.05) is 6.61 Å². The van der Waals surface area contributed by atoms with E-state index in [1.165, 1.54) is 0 Å². The highest BCUT2D eigenvalue weighted by atomic mass is 28.4. The lowest BCUT2D eigenvalue weighted by Crippen LogP contribution is -2.44. The smallest absolute Gasteiger partial charge is 0.379 e. The fraction of sp³-hybridized carbons (Fsp3) is 0.529. The van der Waals surface area contributed by atoms with Gasteiger partial charge >= 0.3 is 5.97 Å². The Balaban J connectivity index is 3.01. The van der Waals surface area contributed by atoms with E-state index in [0.29, 0.717) is 5.56 Å². The van der Waals surface area contributed by atoms with Crippen LogP contribution >= 0.6 is 0 Å². The van der Waals surface area contributed by atoms with Gasteiger partial charge in [0.05, 0.1) is 6.61 Å². The highest BCUT2D eigenvalue weighted by Crippen LogP contribution is 2.38. The molecule has 122 valence electrons. The van der Waals surface area contributed by atoms with Gasteiger partial charge in [0.2, 0.25) is 8.32 Å². The average molecular weight is 322 g/mol. The Morgan fingerprint density at radius 2 is 1.77 bits per heavy atom. The van der Waals surface area contributed by atoms with Crippen LogP contribution in [0.3, 0.4) is 0 Å². The molecule has 0 bridgehead atoms. The lowest BCUT2D eigenvalue weighted by Gasteiger charge is -2.37. The summed E-state index contributed by atoms with van der Waals surface area (Å²) in [5, 5.41) is 0.0961. The summed E-state index contributed by atoms with van der Waals surface area (Å²) < 4.78 is 11.0. The molecule has 0 amide bonds. The molecule has 0 saturated carbocycles. The summed E-state index contributed by atoms with van der Waals surface area (Å²) in [6.45, 7) is 14.6. The van der Waals surface area contributed by atoms with E-state index in [2.05, 4.69) is 33.9 Å². The van der Waals surface area contributed by atoms with Crippen molar-refractivity contribution in [3.8, 4) is 5.75 Å². The Morgan fingerprint density at radius 1 is 1.18 bits per heavy atom. The van der Waals surface area contributed by atoms with Crippen molar-refractivity contribution in [3.05, 3.63) is 29.3 Å². The molecule has 1 rings (SSSR count). The second kappa shape index (κ2) is 6.65. The predicted molar refractivity (Wildman–Crippen MR) is 90.0 cm³/mol. The van der Waals surface area contributed by atoms with Gasteiger partial charge in [0.15, 0.2) is 0 Å². The molecule has 0 aromatic heterocycles. The number of carbonyl (C=O) groups excluding carboxylic acids is 2. The number of ketones is 1. The molecule has 1 aromatic rings. The first-order chi connectivity index (χ1) is 9.99. The zero-order chi connectivity index (χ0) is 17.1. The zero-order valence-electron chi connectivity index (χ0n) is 14.6. The minimum absolute atomic E-state index is 0.0961. The second-order valence-electron chi connectivity index (χ2n) is 6.89. The van der Waals surface area contributed by atoms with Crippen molar-refractivity contribution in [2.45, 2.75) is 52.8 Å². The summed E-state index contributed by atoms with van der Waals surface area (Å²) in [6, 6.07) is 5.07. The van der Waals surface area contributed by atoms with Crippen LogP contribution in [0.1, 0.15) is 43.6 Å². The van der Waals surface area contributed by atoms with E-state index in [4.69, 9.17) is 9.16 Å². The fourth-order valence-corrected chi connectivity index (χ4v) is 2.73. The van der Waals surface area contributed by atoms with Gasteiger partial charge in [-0.1, -0.05) is 20.8 Å². The van der Waals surface area contributed by atoms with Crippen molar-refractivity contribution in [1.82, 2.24) is 0 Å². The van der Waals surface area contributed by atoms with Gasteiger partial charge in [-0.3, -0.25) is 4.79 Å². The van der Waals surface area contributed by atoms with Crippen molar-refractivity contribution < 1.29 is 18.8 Å². The number of aryl methyl sites for hydroxylation is 1. The molecule has 0 aliphatic carbocycles. The third-order valence-electron chi connectivity index (χ3n) is 4.07. The molecule has 0 radical (unpaired) electrons. The molecule has 0 aliphatic rings. The van der Waals surface area contributed by atoms with Gasteiger partial charge in [-0.2, -0.15) is 0 Å². The van der Waals surface area contributed by atoms with E-state index in [-0.39, 0.29) is 11.6 Å². The molecule has 0 spiro atoms. The van der Waals surface area contributed by atoms with Crippen LogP contribution < -0.4 is 4.43 Å². The van der Waals surface area contributed by atoms with Crippen LogP contribution in [-0.2, 0) is 9.53 Å². The molecule has 1 aromatic carbocycles. The van der Waals surface area contributed by atoms with Crippen LogP contribution in [0.4, 0.5) is 0 Å². The van der Waals surface area contributed by atoms with Crippen molar-refractivity contribution in [2.24, 2.45) is 0 Å². The molecular formula is C17H26O4Si. The predicted octanol–water partition coefficient (Wildman–Crippen LogP) is 4.12. The quantitative estimate of drug-likeness (QED) is 0.354. The first-order valence-electron chi connectivity index (χ1n) is 7.50. The van der Waals surface area contributed by atoms with Crippen molar-refractivity contribution in [3.63, 3.8) is 0 Å². The summed E-state index contributed by atoms with van der Waals surface area (Å²) >= 11 is 0. The van der Waals surface area contributed by atoms with E-state index < -0.39 is 20.1 Å². The Morgan fingerprint density at radius 3 is 2.23 bits per heavy atom. The van der Waals surface area contributed by atoms with Gasteiger partial charge in [-0.05, 0) is 55.7 Å². The summed E-state index contributed by atoms with van der Waals surface area (Å²) in [5.41, 5.74) is 1.18. The topological polar surface area (TPSA) is 52.6 Å². The first kappa shape index (κ1) is 18.4. The number of hydrogen-bond acceptors (Lipinski definition) is 4. The van der Waals surface area contributed by atoms with E-state index in [1.807, 2.05) is 6.92 Å². The second-order valence-corrected chi connectivity index (χ2v) is 11.6. The van der Waals surface area contributed by atoms with Crippen LogP contribution in [0, 0.1) is 6.92 Å². The molecule has 0 aliphatic heterocycles. The molecule has 0 atom stereocenters. The van der Waals surface area contributed by atoms with Crippen molar-refractivity contribution in [1.29, 1.82) is 0 Å². The van der Waals surface area contributed by atoms with Gasteiger partial charge in [-0.15, -0.1) is 0 Å². The minimum Gasteiger partial charge on any atom is -0.543 e. The van der Waals surface area contributed by atoms with E-state index in [0.717, 1.165) is 11.3 Å². The van der Waals surface area contributed by atoms with E-state index >= 15 is 0 Å². The van der Waals surface area contributed by atoms with Crippen LogP contribution in [0.5, 0.6) is 5.75 Å². The van der Waals surface area contributed by atoms with Gasteiger partial charge in [0.25, 0.3) is 5.78 Å². The maximum atomic E-state index is 11.9. The lowest BCUT2D eigenvalue weighted by molar-refractivity contribution is -0.137. The van der Waals surface area contributed by atoms with Crippen LogP contribution in [0.15, 0.2) is 18.2 Å². The largest absolute Gasteiger partial charge is 0.543 e. The number of hydrogen-bond donors (Lipinski definition) is 0. The van der Waals surface area contributed by atoms with E-state index in [9.17, 15) is 9.59 Å². The molecule has 22 heavy (non-hydrogen) atoms. The minimum atomic E-state index is -1.93. The maximum absolute atomic E-state index is 11.9. The molecule has 0 saturated heterocycles. The molecular weight excluding hydrogens is 296 g/mol. The highest BCUT2D eigenvalue weighted by Gasteiger charge is 2.39. The number of ether oxygens (including phenoxy) is 1. The summed E-state index contributed by atoms with van der Waals surface area (Å²) in [5.74, 6) is -0.671. The maximum Gasteiger partial charge on any atom is 0.379 e. The molecule has 5 heteroatoms. The third kappa shape index (κ3) is 4.19. The number of esters is 1. The number of Topliss-reactive ketones (excluding diaryl/α,β-unsaturated/α-hetero) is 1. The molecule has 0 heterocycles. The van der Waals surface area contributed by atoms with Crippen LogP contribution in [-0.4, -0.2) is 26.7 Å². The van der Waals surface area contributed by atoms with Gasteiger partial charge in [0.1, 0.15) is 5.75 Å². The monoisotopic (exact) mass is 322 g/mol. The summed E-state index contributed by atoms with van der Waals surface area (Å²) in [6.07, 6.45) is 0. The van der Waals surface area contributed by atoms with E-state index in [1.54, 1.807) is 25.1 Å². The Kier molecular flexibility index (Phi) is 5.57. The Bertz CT molecular complexity index is 571. The third-order valence-corrected chi connectivity index (χ3v) is 8.41. The number of benzene rings is 1. The Labute approximate surface area is 134 Å². The first-order valence-corrected chi connectivity index (χ1v) is 10.4. The summed E-state index contributed by atoms with van der Waals surface area (Å²) in [7, 11) is -1.93. The molecule has 4 nitrogen and oxygen atoms in total. The van der Waals surface area contributed by atoms with Crippen LogP contribution in [0.2, 0.25) is 18.1 Å². The normalized spacial score (nSPS) is 12.0.